The van der Waals surface area contributed by atoms with Crippen LogP contribution < -0.4 is 9.47 Å². The molecular formula is C27H32O15. The SMILES string of the molecule is COC(=O)CC/C(C)=C/Cc1c(OC)c(C)c2c(c1OC(=O)CCC(=O)OC(COC(=O)O)COC(=O)O)C(=O)OC2. The topological polar surface area (TPSA) is 207 Å². The highest BCUT2D eigenvalue weighted by atomic mass is 16.7. The lowest BCUT2D eigenvalue weighted by Crippen LogP contribution is -2.30. The number of carbonyl (C=O) groups excluding carboxylic acids is 4. The van der Waals surface area contributed by atoms with Gasteiger partial charge in [-0.05, 0) is 32.3 Å². The third-order valence-corrected chi connectivity index (χ3v) is 6.06. The minimum Gasteiger partial charge on any atom is -0.496 e. The maximum Gasteiger partial charge on any atom is 0.505 e. The van der Waals surface area contributed by atoms with Gasteiger partial charge in [-0.15, -0.1) is 0 Å². The first kappa shape index (κ1) is 33.4. The van der Waals surface area contributed by atoms with Gasteiger partial charge in [-0.1, -0.05) is 11.6 Å². The summed E-state index contributed by atoms with van der Waals surface area (Å²) in [5.41, 5.74) is 2.36. The summed E-state index contributed by atoms with van der Waals surface area (Å²) in [5, 5.41) is 17.3. The van der Waals surface area contributed by atoms with E-state index >= 15 is 0 Å². The Hall–Kier alpha value is -4.82. The largest absolute Gasteiger partial charge is 0.505 e. The number of esters is 4. The minimum atomic E-state index is -1.68. The second kappa shape index (κ2) is 15.8. The highest BCUT2D eigenvalue weighted by molar-refractivity contribution is 5.99. The summed E-state index contributed by atoms with van der Waals surface area (Å²) in [5.74, 6) is -2.70. The first-order chi connectivity index (χ1) is 19.9. The molecule has 230 valence electrons. The van der Waals surface area contributed by atoms with Gasteiger partial charge in [0.15, 0.2) is 11.9 Å². The lowest BCUT2D eigenvalue weighted by molar-refractivity contribution is -0.156. The van der Waals surface area contributed by atoms with Gasteiger partial charge in [0.1, 0.15) is 31.1 Å². The Kier molecular flexibility index (Phi) is 12.6. The molecule has 1 aliphatic rings. The van der Waals surface area contributed by atoms with Crippen LogP contribution in [0.3, 0.4) is 0 Å². The van der Waals surface area contributed by atoms with Crippen LogP contribution in [0.1, 0.15) is 59.7 Å². The zero-order valence-electron chi connectivity index (χ0n) is 23.5. The fraction of sp³-hybridized carbons (Fsp3) is 0.481. The Morgan fingerprint density at radius 3 is 2.07 bits per heavy atom. The monoisotopic (exact) mass is 596 g/mol. The van der Waals surface area contributed by atoms with Crippen molar-refractivity contribution in [3.63, 3.8) is 0 Å². The van der Waals surface area contributed by atoms with Crippen LogP contribution in [0.25, 0.3) is 0 Å². The van der Waals surface area contributed by atoms with Gasteiger partial charge >= 0.3 is 36.2 Å². The van der Waals surface area contributed by atoms with Crippen LogP contribution in [0.15, 0.2) is 11.6 Å². The molecule has 1 aromatic rings. The van der Waals surface area contributed by atoms with E-state index in [-0.39, 0.29) is 36.7 Å². The third kappa shape index (κ3) is 9.67. The summed E-state index contributed by atoms with van der Waals surface area (Å²) in [4.78, 5) is 70.5. The van der Waals surface area contributed by atoms with Crippen molar-refractivity contribution in [2.45, 2.75) is 58.7 Å². The van der Waals surface area contributed by atoms with E-state index in [1.54, 1.807) is 19.9 Å². The third-order valence-electron chi connectivity index (χ3n) is 6.06. The molecule has 1 aliphatic heterocycles. The standard InChI is InChI=1S/C27H32O15/c1-14(6-8-19(28)36-3)5-7-17-23(37-4)15(2)18-13-38-25(31)22(18)24(17)42-21(30)10-9-20(29)41-16(11-39-26(32)33)12-40-27(34)35/h5,16H,6-13H2,1-4H3,(H,32,33)(H,34,35)/b14-5+. The molecule has 15 heteroatoms. The Balaban J connectivity index is 2.23. The van der Waals surface area contributed by atoms with Gasteiger partial charge in [0, 0.05) is 17.5 Å². The lowest BCUT2D eigenvalue weighted by Gasteiger charge is -2.19. The number of rotatable bonds is 15. The molecule has 0 spiro atoms. The van der Waals surface area contributed by atoms with Crippen molar-refractivity contribution in [3.05, 3.63) is 33.9 Å². The van der Waals surface area contributed by atoms with E-state index in [1.807, 2.05) is 0 Å². The average molecular weight is 597 g/mol. The number of cyclic esters (lactones) is 1. The number of hydrogen-bond acceptors (Lipinski definition) is 13. The molecule has 2 N–H and O–H groups in total. The second-order valence-corrected chi connectivity index (χ2v) is 8.97. The molecule has 0 saturated heterocycles. The van der Waals surface area contributed by atoms with E-state index in [4.69, 9.17) is 29.2 Å². The molecule has 1 aromatic carbocycles. The Morgan fingerprint density at radius 2 is 1.50 bits per heavy atom. The average Bonchev–Trinajstić information content (AvgIpc) is 3.33. The number of methoxy groups -OCH3 is 2. The Labute approximate surface area is 240 Å². The molecular weight excluding hydrogens is 564 g/mol. The van der Waals surface area contributed by atoms with E-state index in [0.29, 0.717) is 28.9 Å². The van der Waals surface area contributed by atoms with Gasteiger partial charge in [0.05, 0.1) is 27.1 Å². The molecule has 1 heterocycles. The highest BCUT2D eigenvalue weighted by Gasteiger charge is 2.34. The number of carboxylic acid groups (broad SMARTS) is 2. The molecule has 0 aromatic heterocycles. The number of ether oxygens (including phenoxy) is 7. The number of hydrogen-bond donors (Lipinski definition) is 2. The molecule has 0 radical (unpaired) electrons. The fourth-order valence-electron chi connectivity index (χ4n) is 3.96. The molecule has 42 heavy (non-hydrogen) atoms. The second-order valence-electron chi connectivity index (χ2n) is 8.97. The van der Waals surface area contributed by atoms with Crippen molar-refractivity contribution in [2.24, 2.45) is 0 Å². The maximum absolute atomic E-state index is 12.8. The molecule has 2 rings (SSSR count). The molecule has 0 fully saturated rings. The van der Waals surface area contributed by atoms with Gasteiger partial charge in [-0.2, -0.15) is 0 Å². The zero-order valence-corrected chi connectivity index (χ0v) is 23.5. The molecule has 0 amide bonds. The molecule has 0 atom stereocenters. The normalized spacial score (nSPS) is 12.2. The molecule has 0 aliphatic carbocycles. The van der Waals surface area contributed by atoms with Crippen LogP contribution in [0, 0.1) is 6.92 Å². The Morgan fingerprint density at radius 1 is 0.905 bits per heavy atom. The molecule has 15 nitrogen and oxygen atoms in total. The van der Waals surface area contributed by atoms with Gasteiger partial charge in [0.2, 0.25) is 0 Å². The summed E-state index contributed by atoms with van der Waals surface area (Å²) < 4.78 is 34.6. The number of fused-ring (bicyclic) bond motifs is 1. The smallest absolute Gasteiger partial charge is 0.496 e. The van der Waals surface area contributed by atoms with Crippen molar-refractivity contribution in [1.29, 1.82) is 0 Å². The molecule has 0 saturated carbocycles. The van der Waals surface area contributed by atoms with E-state index in [9.17, 15) is 28.8 Å². The van der Waals surface area contributed by atoms with Crippen molar-refractivity contribution in [1.82, 2.24) is 0 Å². The predicted molar refractivity (Wildman–Crippen MR) is 138 cm³/mol. The van der Waals surface area contributed by atoms with Crippen LogP contribution in [0.2, 0.25) is 0 Å². The van der Waals surface area contributed by atoms with Crippen molar-refractivity contribution in [3.8, 4) is 11.5 Å². The van der Waals surface area contributed by atoms with Gasteiger partial charge < -0.3 is 43.4 Å². The Bertz CT molecular complexity index is 1230. The summed E-state index contributed by atoms with van der Waals surface area (Å²) in [7, 11) is 2.71. The van der Waals surface area contributed by atoms with Crippen LogP contribution in [0.5, 0.6) is 11.5 Å². The van der Waals surface area contributed by atoms with Gasteiger partial charge in [-0.25, -0.2) is 14.4 Å². The number of allylic oxidation sites excluding steroid dienone is 2. The zero-order chi connectivity index (χ0) is 31.4. The summed E-state index contributed by atoms with van der Waals surface area (Å²) in [6.45, 7) is 2.08. The molecule has 0 bridgehead atoms. The van der Waals surface area contributed by atoms with Gasteiger partial charge in [-0.3, -0.25) is 14.4 Å². The first-order valence-corrected chi connectivity index (χ1v) is 12.6. The van der Waals surface area contributed by atoms with Crippen LogP contribution >= 0.6 is 0 Å². The quantitative estimate of drug-likeness (QED) is 0.129. The van der Waals surface area contributed by atoms with Gasteiger partial charge in [0.25, 0.3) is 0 Å². The summed E-state index contributed by atoms with van der Waals surface area (Å²) in [6.07, 6.45) is -3.27. The van der Waals surface area contributed by atoms with E-state index in [1.165, 1.54) is 14.2 Å². The van der Waals surface area contributed by atoms with E-state index in [2.05, 4.69) is 14.2 Å². The van der Waals surface area contributed by atoms with Crippen molar-refractivity contribution >= 4 is 36.2 Å². The summed E-state index contributed by atoms with van der Waals surface area (Å²) in [6, 6.07) is 0. The van der Waals surface area contributed by atoms with E-state index < -0.39 is 62.4 Å². The fourth-order valence-corrected chi connectivity index (χ4v) is 3.96. The first-order valence-electron chi connectivity index (χ1n) is 12.6. The maximum atomic E-state index is 12.8. The molecule has 0 unspecified atom stereocenters. The van der Waals surface area contributed by atoms with Crippen LogP contribution in [0.4, 0.5) is 9.59 Å². The van der Waals surface area contributed by atoms with Crippen LogP contribution in [-0.2, 0) is 51.1 Å². The lowest BCUT2D eigenvalue weighted by atomic mass is 9.94. The van der Waals surface area contributed by atoms with E-state index in [0.717, 1.165) is 5.57 Å². The minimum absolute atomic E-state index is 0.0524. The predicted octanol–water partition coefficient (Wildman–Crippen LogP) is 3.10. The summed E-state index contributed by atoms with van der Waals surface area (Å²) >= 11 is 0. The number of benzene rings is 1. The number of carbonyl (C=O) groups is 6. The highest BCUT2D eigenvalue weighted by Crippen LogP contribution is 2.43. The van der Waals surface area contributed by atoms with Crippen molar-refractivity contribution in [2.75, 3.05) is 27.4 Å². The van der Waals surface area contributed by atoms with Crippen molar-refractivity contribution < 1.29 is 72.1 Å². The van der Waals surface area contributed by atoms with Crippen LogP contribution in [-0.4, -0.2) is 79.9 Å².